The van der Waals surface area contributed by atoms with Crippen LogP contribution in [0.15, 0.2) is 22.7 Å². The Kier molecular flexibility index (Phi) is 1.69. The van der Waals surface area contributed by atoms with Crippen LogP contribution < -0.4 is 0 Å². The molecule has 1 heterocycles. The molecule has 1 aliphatic rings. The van der Waals surface area contributed by atoms with E-state index in [0.717, 1.165) is 16.6 Å². The summed E-state index contributed by atoms with van der Waals surface area (Å²) in [6.07, 6.45) is 0.127. The van der Waals surface area contributed by atoms with E-state index in [1.54, 1.807) is 0 Å². The number of benzene rings is 1. The van der Waals surface area contributed by atoms with Crippen LogP contribution in [-0.4, -0.2) is 6.61 Å². The third-order valence-corrected chi connectivity index (χ3v) is 2.05. The highest BCUT2D eigenvalue weighted by Gasteiger charge is 2.25. The minimum absolute atomic E-state index is 0.127. The van der Waals surface area contributed by atoms with Gasteiger partial charge in [-0.05, 0) is 23.8 Å². The van der Waals surface area contributed by atoms with Gasteiger partial charge in [0, 0.05) is 4.47 Å². The fourth-order valence-electron chi connectivity index (χ4n) is 1.00. The van der Waals surface area contributed by atoms with Crippen molar-refractivity contribution in [2.45, 2.75) is 6.10 Å². The Morgan fingerprint density at radius 3 is 2.73 bits per heavy atom. The van der Waals surface area contributed by atoms with Gasteiger partial charge in [-0.1, -0.05) is 15.9 Å². The molecule has 0 aromatic heterocycles. The molecule has 58 valence electrons. The quantitative estimate of drug-likeness (QED) is 0.658. The summed E-state index contributed by atoms with van der Waals surface area (Å²) in [6, 6.07) is 4.81. The second-order valence-electron chi connectivity index (χ2n) is 2.52. The molecule has 0 amide bonds. The minimum atomic E-state index is -0.218. The van der Waals surface area contributed by atoms with Gasteiger partial charge < -0.3 is 4.74 Å². The molecule has 0 radical (unpaired) electrons. The molecular formula is C8H6BrFO. The van der Waals surface area contributed by atoms with Gasteiger partial charge in [-0.25, -0.2) is 4.39 Å². The molecular weight excluding hydrogens is 211 g/mol. The Labute approximate surface area is 72.3 Å². The summed E-state index contributed by atoms with van der Waals surface area (Å²) >= 11 is 3.21. The van der Waals surface area contributed by atoms with Crippen LogP contribution in [0, 0.1) is 5.82 Å². The molecule has 1 aliphatic heterocycles. The first-order chi connectivity index (χ1) is 5.25. The molecule has 1 atom stereocenters. The SMILES string of the molecule is Fc1cc(Br)cc([C@@H]2CO2)c1. The van der Waals surface area contributed by atoms with Crippen LogP contribution in [0.1, 0.15) is 11.7 Å². The first-order valence-corrected chi connectivity index (χ1v) is 4.12. The van der Waals surface area contributed by atoms with Gasteiger partial charge in [0.25, 0.3) is 0 Å². The Hall–Kier alpha value is -0.410. The minimum Gasteiger partial charge on any atom is -0.368 e. The van der Waals surface area contributed by atoms with E-state index in [1.807, 2.05) is 6.07 Å². The van der Waals surface area contributed by atoms with Crippen LogP contribution in [-0.2, 0) is 4.74 Å². The lowest BCUT2D eigenvalue weighted by Gasteiger charge is -1.96. The predicted octanol–water partition coefficient (Wildman–Crippen LogP) is 2.66. The number of ether oxygens (including phenoxy) is 1. The summed E-state index contributed by atoms with van der Waals surface area (Å²) in [4.78, 5) is 0. The second-order valence-corrected chi connectivity index (χ2v) is 3.44. The van der Waals surface area contributed by atoms with Crippen LogP contribution in [0.4, 0.5) is 4.39 Å². The zero-order valence-corrected chi connectivity index (χ0v) is 7.27. The van der Waals surface area contributed by atoms with Gasteiger partial charge >= 0.3 is 0 Å². The maximum Gasteiger partial charge on any atom is 0.124 e. The predicted molar refractivity (Wildman–Crippen MR) is 42.8 cm³/mol. The van der Waals surface area contributed by atoms with E-state index < -0.39 is 0 Å². The molecule has 1 nitrogen and oxygen atoms in total. The fraction of sp³-hybridized carbons (Fsp3) is 0.250. The summed E-state index contributed by atoms with van der Waals surface area (Å²) in [5.74, 6) is -0.218. The molecule has 1 fully saturated rings. The largest absolute Gasteiger partial charge is 0.368 e. The van der Waals surface area contributed by atoms with E-state index in [-0.39, 0.29) is 11.9 Å². The molecule has 11 heavy (non-hydrogen) atoms. The maximum atomic E-state index is 12.7. The summed E-state index contributed by atoms with van der Waals surface area (Å²) < 4.78 is 18.5. The molecule has 0 N–H and O–H groups in total. The summed E-state index contributed by atoms with van der Waals surface area (Å²) in [5.41, 5.74) is 0.914. The van der Waals surface area contributed by atoms with Gasteiger partial charge in [-0.3, -0.25) is 0 Å². The van der Waals surface area contributed by atoms with Crippen LogP contribution in [0.5, 0.6) is 0 Å². The zero-order valence-electron chi connectivity index (χ0n) is 5.68. The maximum absolute atomic E-state index is 12.7. The van der Waals surface area contributed by atoms with Crippen molar-refractivity contribution in [1.82, 2.24) is 0 Å². The lowest BCUT2D eigenvalue weighted by atomic mass is 10.2. The van der Waals surface area contributed by atoms with E-state index in [9.17, 15) is 4.39 Å². The van der Waals surface area contributed by atoms with Gasteiger partial charge in [-0.15, -0.1) is 0 Å². The Balaban J connectivity index is 2.39. The van der Waals surface area contributed by atoms with Crippen molar-refractivity contribution < 1.29 is 9.13 Å². The van der Waals surface area contributed by atoms with Crippen LogP contribution in [0.3, 0.4) is 0 Å². The van der Waals surface area contributed by atoms with Crippen LogP contribution in [0.25, 0.3) is 0 Å². The van der Waals surface area contributed by atoms with Crippen LogP contribution >= 0.6 is 15.9 Å². The van der Waals surface area contributed by atoms with E-state index >= 15 is 0 Å². The highest BCUT2D eigenvalue weighted by atomic mass is 79.9. The number of epoxide rings is 1. The second kappa shape index (κ2) is 2.57. The molecule has 0 unspecified atom stereocenters. The van der Waals surface area contributed by atoms with Gasteiger partial charge in [0.05, 0.1) is 6.61 Å². The summed E-state index contributed by atoms with van der Waals surface area (Å²) in [6.45, 7) is 0.718. The van der Waals surface area contributed by atoms with Gasteiger partial charge in [0.15, 0.2) is 0 Å². The average Bonchev–Trinajstić information content (AvgIpc) is 2.64. The van der Waals surface area contributed by atoms with Crippen molar-refractivity contribution >= 4 is 15.9 Å². The molecule has 0 spiro atoms. The molecule has 1 aromatic rings. The van der Waals surface area contributed by atoms with Crippen molar-refractivity contribution in [3.05, 3.63) is 34.1 Å². The highest BCUT2D eigenvalue weighted by Crippen LogP contribution is 2.31. The third kappa shape index (κ3) is 1.60. The van der Waals surface area contributed by atoms with Crippen molar-refractivity contribution in [3.8, 4) is 0 Å². The van der Waals surface area contributed by atoms with E-state index in [4.69, 9.17) is 4.74 Å². The fourth-order valence-corrected chi connectivity index (χ4v) is 1.48. The molecule has 0 bridgehead atoms. The summed E-state index contributed by atoms with van der Waals surface area (Å²) in [5, 5.41) is 0. The number of hydrogen-bond acceptors (Lipinski definition) is 1. The Bertz CT molecular complexity index is 263. The molecule has 1 saturated heterocycles. The molecule has 3 heteroatoms. The van der Waals surface area contributed by atoms with E-state index in [1.165, 1.54) is 12.1 Å². The molecule has 0 saturated carbocycles. The third-order valence-electron chi connectivity index (χ3n) is 1.59. The topological polar surface area (TPSA) is 12.5 Å². The van der Waals surface area contributed by atoms with Gasteiger partial charge in [-0.2, -0.15) is 0 Å². The molecule has 2 rings (SSSR count). The summed E-state index contributed by atoms with van der Waals surface area (Å²) in [7, 11) is 0. The number of rotatable bonds is 1. The lowest BCUT2D eigenvalue weighted by Crippen LogP contribution is -1.83. The first kappa shape index (κ1) is 7.25. The van der Waals surface area contributed by atoms with Crippen LogP contribution in [0.2, 0.25) is 0 Å². The number of halogens is 2. The van der Waals surface area contributed by atoms with Gasteiger partial charge in [0.2, 0.25) is 0 Å². The van der Waals surface area contributed by atoms with E-state index in [2.05, 4.69) is 15.9 Å². The smallest absolute Gasteiger partial charge is 0.124 e. The average molecular weight is 217 g/mol. The number of hydrogen-bond donors (Lipinski definition) is 0. The van der Waals surface area contributed by atoms with Gasteiger partial charge in [0.1, 0.15) is 11.9 Å². The normalized spacial score (nSPS) is 21.8. The Morgan fingerprint density at radius 2 is 2.18 bits per heavy atom. The van der Waals surface area contributed by atoms with Crippen molar-refractivity contribution in [3.63, 3.8) is 0 Å². The zero-order chi connectivity index (χ0) is 7.84. The Morgan fingerprint density at radius 1 is 1.45 bits per heavy atom. The standard InChI is InChI=1S/C8H6BrFO/c9-6-1-5(8-4-11-8)2-7(10)3-6/h1-3,8H,4H2/t8-/m0/s1. The molecule has 0 aliphatic carbocycles. The first-order valence-electron chi connectivity index (χ1n) is 3.33. The monoisotopic (exact) mass is 216 g/mol. The van der Waals surface area contributed by atoms with Crippen molar-refractivity contribution in [2.75, 3.05) is 6.61 Å². The lowest BCUT2D eigenvalue weighted by molar-refractivity contribution is 0.414. The van der Waals surface area contributed by atoms with Crippen molar-refractivity contribution in [1.29, 1.82) is 0 Å². The van der Waals surface area contributed by atoms with E-state index in [0.29, 0.717) is 0 Å². The van der Waals surface area contributed by atoms with Crippen molar-refractivity contribution in [2.24, 2.45) is 0 Å². The highest BCUT2D eigenvalue weighted by molar-refractivity contribution is 9.10. The molecule has 1 aromatic carbocycles.